The van der Waals surface area contributed by atoms with Crippen LogP contribution in [-0.2, 0) is 19.9 Å². The van der Waals surface area contributed by atoms with Crippen molar-refractivity contribution in [1.82, 2.24) is 14.7 Å². The Kier molecular flexibility index (Phi) is 3.31. The van der Waals surface area contributed by atoms with Gasteiger partial charge in [-0.3, -0.25) is 9.48 Å². The zero-order valence-corrected chi connectivity index (χ0v) is 11.4. The third kappa shape index (κ3) is 2.27. The molecule has 2 heterocycles. The first-order valence-corrected chi connectivity index (χ1v) is 7.19. The average Bonchev–Trinajstić information content (AvgIpc) is 2.75. The lowest BCUT2D eigenvalue weighted by Crippen LogP contribution is -2.36. The molecule has 1 atom stereocenters. The molecule has 19 heavy (non-hydrogen) atoms. The van der Waals surface area contributed by atoms with Crippen LogP contribution in [0.2, 0.25) is 0 Å². The Labute approximate surface area is 113 Å². The molecule has 1 unspecified atom stereocenters. The van der Waals surface area contributed by atoms with Gasteiger partial charge < -0.3 is 10.0 Å². The van der Waals surface area contributed by atoms with Gasteiger partial charge in [0.1, 0.15) is 0 Å². The minimum atomic E-state index is -0.329. The van der Waals surface area contributed by atoms with Crippen LogP contribution in [0.4, 0.5) is 0 Å². The molecular weight excluding hydrogens is 242 g/mol. The monoisotopic (exact) mass is 263 g/mol. The van der Waals surface area contributed by atoms with E-state index in [0.717, 1.165) is 50.0 Å². The molecule has 104 valence electrons. The standard InChI is InChI=1S/C14H21N3O2/c1-16-12-6-5-10(18)9-11(12)13(15-16)14(19)17-7-3-2-4-8-17/h10,18H,2-9H2,1H3. The highest BCUT2D eigenvalue weighted by Gasteiger charge is 2.30. The summed E-state index contributed by atoms with van der Waals surface area (Å²) in [6.45, 7) is 1.68. The Morgan fingerprint density at radius 3 is 2.79 bits per heavy atom. The fourth-order valence-electron chi connectivity index (χ4n) is 3.19. The van der Waals surface area contributed by atoms with E-state index in [9.17, 15) is 9.90 Å². The maximum absolute atomic E-state index is 12.6. The van der Waals surface area contributed by atoms with E-state index >= 15 is 0 Å². The average molecular weight is 263 g/mol. The van der Waals surface area contributed by atoms with Crippen molar-refractivity contribution in [1.29, 1.82) is 0 Å². The Morgan fingerprint density at radius 1 is 1.32 bits per heavy atom. The number of aliphatic hydroxyl groups excluding tert-OH is 1. The molecule has 1 fully saturated rings. The van der Waals surface area contributed by atoms with Crippen LogP contribution in [0.5, 0.6) is 0 Å². The molecule has 1 aliphatic heterocycles. The lowest BCUT2D eigenvalue weighted by atomic mass is 9.93. The molecule has 0 saturated carbocycles. The molecule has 1 aliphatic carbocycles. The van der Waals surface area contributed by atoms with Crippen molar-refractivity contribution in [3.63, 3.8) is 0 Å². The van der Waals surface area contributed by atoms with Gasteiger partial charge in [0.2, 0.25) is 0 Å². The van der Waals surface area contributed by atoms with E-state index in [2.05, 4.69) is 5.10 Å². The Hall–Kier alpha value is -1.36. The SMILES string of the molecule is Cn1nc(C(=O)N2CCCCC2)c2c1CCC(O)C2. The van der Waals surface area contributed by atoms with Gasteiger partial charge in [-0.05, 0) is 32.1 Å². The second kappa shape index (κ2) is 4.96. The van der Waals surface area contributed by atoms with Gasteiger partial charge in [-0.1, -0.05) is 0 Å². The minimum Gasteiger partial charge on any atom is -0.393 e. The summed E-state index contributed by atoms with van der Waals surface area (Å²) in [5, 5.41) is 14.2. The second-order valence-electron chi connectivity index (χ2n) is 5.65. The van der Waals surface area contributed by atoms with Crippen molar-refractivity contribution >= 4 is 5.91 Å². The summed E-state index contributed by atoms with van der Waals surface area (Å²) in [5.41, 5.74) is 2.65. The quantitative estimate of drug-likeness (QED) is 0.819. The topological polar surface area (TPSA) is 58.4 Å². The fraction of sp³-hybridized carbons (Fsp3) is 0.714. The van der Waals surface area contributed by atoms with E-state index < -0.39 is 0 Å². The molecule has 0 spiro atoms. The number of fused-ring (bicyclic) bond motifs is 1. The van der Waals surface area contributed by atoms with E-state index in [-0.39, 0.29) is 12.0 Å². The van der Waals surface area contributed by atoms with Crippen molar-refractivity contribution in [3.8, 4) is 0 Å². The molecule has 5 heteroatoms. The number of amides is 1. The molecule has 3 rings (SSSR count). The molecule has 1 saturated heterocycles. The van der Waals surface area contributed by atoms with E-state index in [1.807, 2.05) is 16.6 Å². The van der Waals surface area contributed by atoms with Gasteiger partial charge >= 0.3 is 0 Å². The van der Waals surface area contributed by atoms with Crippen molar-refractivity contribution in [3.05, 3.63) is 17.0 Å². The molecule has 5 nitrogen and oxygen atoms in total. The first-order valence-electron chi connectivity index (χ1n) is 7.19. The lowest BCUT2D eigenvalue weighted by Gasteiger charge is -2.26. The van der Waals surface area contributed by atoms with Crippen LogP contribution >= 0.6 is 0 Å². The molecule has 0 bridgehead atoms. The van der Waals surface area contributed by atoms with Crippen LogP contribution in [0.25, 0.3) is 0 Å². The van der Waals surface area contributed by atoms with E-state index in [4.69, 9.17) is 0 Å². The van der Waals surface area contributed by atoms with E-state index in [0.29, 0.717) is 12.1 Å². The number of hydrogen-bond donors (Lipinski definition) is 1. The predicted molar refractivity (Wildman–Crippen MR) is 71.0 cm³/mol. The number of hydrogen-bond acceptors (Lipinski definition) is 3. The summed E-state index contributed by atoms with van der Waals surface area (Å²) >= 11 is 0. The fourth-order valence-corrected chi connectivity index (χ4v) is 3.19. The van der Waals surface area contributed by atoms with Crippen molar-refractivity contribution in [2.45, 2.75) is 44.6 Å². The largest absolute Gasteiger partial charge is 0.393 e. The summed E-state index contributed by atoms with van der Waals surface area (Å²) < 4.78 is 1.82. The van der Waals surface area contributed by atoms with Gasteiger partial charge in [0, 0.05) is 37.8 Å². The maximum Gasteiger partial charge on any atom is 0.274 e. The summed E-state index contributed by atoms with van der Waals surface area (Å²) in [4.78, 5) is 14.5. The maximum atomic E-state index is 12.6. The number of aryl methyl sites for hydroxylation is 1. The first kappa shape index (κ1) is 12.7. The molecular formula is C14H21N3O2. The van der Waals surface area contributed by atoms with E-state index in [1.54, 1.807) is 0 Å². The van der Waals surface area contributed by atoms with Crippen LogP contribution in [-0.4, -0.2) is 44.9 Å². The zero-order valence-electron chi connectivity index (χ0n) is 11.4. The summed E-state index contributed by atoms with van der Waals surface area (Å²) in [5.74, 6) is 0.0469. The van der Waals surface area contributed by atoms with Crippen molar-refractivity contribution in [2.24, 2.45) is 7.05 Å². The third-order valence-corrected chi connectivity index (χ3v) is 4.27. The predicted octanol–water partition coefficient (Wildman–Crippen LogP) is 0.896. The summed E-state index contributed by atoms with van der Waals surface area (Å²) in [6.07, 6.45) is 5.20. The summed E-state index contributed by atoms with van der Waals surface area (Å²) in [7, 11) is 1.89. The van der Waals surface area contributed by atoms with E-state index in [1.165, 1.54) is 6.42 Å². The molecule has 1 amide bonds. The zero-order chi connectivity index (χ0) is 13.4. The normalized spacial score (nSPS) is 23.3. The highest BCUT2D eigenvalue weighted by molar-refractivity contribution is 5.94. The number of carbonyl (C=O) groups is 1. The van der Waals surface area contributed by atoms with Crippen LogP contribution in [0.3, 0.4) is 0 Å². The number of carbonyl (C=O) groups excluding carboxylic acids is 1. The lowest BCUT2D eigenvalue weighted by molar-refractivity contribution is 0.0715. The second-order valence-corrected chi connectivity index (χ2v) is 5.65. The van der Waals surface area contributed by atoms with Gasteiger partial charge in [-0.25, -0.2) is 0 Å². The van der Waals surface area contributed by atoms with Gasteiger partial charge in [0.25, 0.3) is 5.91 Å². The summed E-state index contributed by atoms with van der Waals surface area (Å²) in [6, 6.07) is 0. The van der Waals surface area contributed by atoms with Gasteiger partial charge in [-0.15, -0.1) is 0 Å². The van der Waals surface area contributed by atoms with Crippen molar-refractivity contribution < 1.29 is 9.90 Å². The number of aromatic nitrogens is 2. The highest BCUT2D eigenvalue weighted by atomic mass is 16.3. The number of rotatable bonds is 1. The minimum absolute atomic E-state index is 0.0469. The van der Waals surface area contributed by atoms with Crippen LogP contribution < -0.4 is 0 Å². The van der Waals surface area contributed by atoms with Gasteiger partial charge in [-0.2, -0.15) is 5.10 Å². The highest BCUT2D eigenvalue weighted by Crippen LogP contribution is 2.25. The number of nitrogens with zero attached hydrogens (tertiary/aromatic N) is 3. The molecule has 2 aliphatic rings. The number of piperidine rings is 1. The number of likely N-dealkylation sites (tertiary alicyclic amines) is 1. The van der Waals surface area contributed by atoms with Gasteiger partial charge in [0.15, 0.2) is 5.69 Å². The molecule has 0 aromatic carbocycles. The third-order valence-electron chi connectivity index (χ3n) is 4.27. The Balaban J connectivity index is 1.90. The molecule has 0 radical (unpaired) electrons. The first-order chi connectivity index (χ1) is 9.16. The molecule has 1 aromatic rings. The number of aliphatic hydroxyl groups is 1. The van der Waals surface area contributed by atoms with Crippen molar-refractivity contribution in [2.75, 3.05) is 13.1 Å². The smallest absolute Gasteiger partial charge is 0.274 e. The van der Waals surface area contributed by atoms with Crippen LogP contribution in [0, 0.1) is 0 Å². The van der Waals surface area contributed by atoms with Crippen LogP contribution in [0.15, 0.2) is 0 Å². The molecule has 1 aromatic heterocycles. The Morgan fingerprint density at radius 2 is 2.05 bits per heavy atom. The van der Waals surface area contributed by atoms with Crippen LogP contribution in [0.1, 0.15) is 47.4 Å². The van der Waals surface area contributed by atoms with Gasteiger partial charge in [0.05, 0.1) is 6.10 Å². The Bertz CT molecular complexity index is 489. The molecule has 1 N–H and O–H groups in total.